The van der Waals surface area contributed by atoms with Crippen molar-refractivity contribution in [3.8, 4) is 23.0 Å². The van der Waals surface area contributed by atoms with Gasteiger partial charge in [-0.25, -0.2) is 0 Å². The SMILES string of the molecule is O=C(c1cc(O)c(O)c(O)c1)c1c[nH]c2cccc(O)c12. The second kappa shape index (κ2) is 4.45. The Morgan fingerprint density at radius 3 is 2.29 bits per heavy atom. The third-order valence-corrected chi connectivity index (χ3v) is 3.26. The zero-order chi connectivity index (χ0) is 15.1. The molecule has 2 aromatic carbocycles. The molecule has 0 bridgehead atoms. The van der Waals surface area contributed by atoms with Crippen molar-refractivity contribution < 1.29 is 25.2 Å². The standard InChI is InChI=1S/C15H11NO5/c17-10-3-1-2-9-13(10)8(6-16-9)14(20)7-4-11(18)15(21)12(19)5-7/h1-6,16-19,21H. The molecule has 0 saturated heterocycles. The predicted octanol–water partition coefficient (Wildman–Crippen LogP) is 2.22. The molecule has 5 N–H and O–H groups in total. The number of hydrogen-bond acceptors (Lipinski definition) is 5. The van der Waals surface area contributed by atoms with Gasteiger partial charge in [0.05, 0.1) is 10.9 Å². The Kier molecular flexibility index (Phi) is 2.72. The summed E-state index contributed by atoms with van der Waals surface area (Å²) in [4.78, 5) is 15.3. The van der Waals surface area contributed by atoms with Crippen LogP contribution in [0.2, 0.25) is 0 Å². The lowest BCUT2D eigenvalue weighted by Crippen LogP contribution is -2.00. The average Bonchev–Trinajstić information content (AvgIpc) is 2.89. The van der Waals surface area contributed by atoms with Gasteiger partial charge in [0.2, 0.25) is 0 Å². The highest BCUT2D eigenvalue weighted by Crippen LogP contribution is 2.37. The van der Waals surface area contributed by atoms with Gasteiger partial charge in [0.25, 0.3) is 0 Å². The molecule has 3 rings (SSSR count). The van der Waals surface area contributed by atoms with E-state index in [0.717, 1.165) is 12.1 Å². The Hall–Kier alpha value is -3.15. The quantitative estimate of drug-likeness (QED) is 0.366. The van der Waals surface area contributed by atoms with Crippen LogP contribution in [0.1, 0.15) is 15.9 Å². The van der Waals surface area contributed by atoms with E-state index in [9.17, 15) is 25.2 Å². The van der Waals surface area contributed by atoms with Crippen molar-refractivity contribution >= 4 is 16.7 Å². The molecular weight excluding hydrogens is 274 g/mol. The number of phenols is 4. The van der Waals surface area contributed by atoms with Crippen molar-refractivity contribution in [3.05, 3.63) is 47.7 Å². The molecule has 0 aliphatic rings. The first-order chi connectivity index (χ1) is 9.99. The molecule has 0 saturated carbocycles. The van der Waals surface area contributed by atoms with E-state index < -0.39 is 23.0 Å². The van der Waals surface area contributed by atoms with Crippen LogP contribution < -0.4 is 0 Å². The second-order valence-electron chi connectivity index (χ2n) is 4.59. The largest absolute Gasteiger partial charge is 0.507 e. The fourth-order valence-electron chi connectivity index (χ4n) is 2.24. The Morgan fingerprint density at radius 1 is 0.952 bits per heavy atom. The van der Waals surface area contributed by atoms with Gasteiger partial charge in [0, 0.05) is 17.3 Å². The first-order valence-electron chi connectivity index (χ1n) is 6.07. The van der Waals surface area contributed by atoms with Gasteiger partial charge in [-0.15, -0.1) is 0 Å². The summed E-state index contributed by atoms with van der Waals surface area (Å²) in [6.45, 7) is 0. The highest BCUT2D eigenvalue weighted by molar-refractivity contribution is 6.17. The molecule has 0 atom stereocenters. The number of aromatic amines is 1. The van der Waals surface area contributed by atoms with E-state index in [4.69, 9.17) is 0 Å². The number of carbonyl (C=O) groups is 1. The molecule has 0 radical (unpaired) electrons. The summed E-state index contributed by atoms with van der Waals surface area (Å²) < 4.78 is 0. The number of rotatable bonds is 2. The first-order valence-corrected chi connectivity index (χ1v) is 6.07. The average molecular weight is 285 g/mol. The van der Waals surface area contributed by atoms with Crippen LogP contribution in [0.15, 0.2) is 36.5 Å². The summed E-state index contributed by atoms with van der Waals surface area (Å²) in [6, 6.07) is 6.91. The molecule has 21 heavy (non-hydrogen) atoms. The summed E-state index contributed by atoms with van der Waals surface area (Å²) in [6.07, 6.45) is 1.44. The van der Waals surface area contributed by atoms with Gasteiger partial charge in [-0.05, 0) is 24.3 Å². The van der Waals surface area contributed by atoms with Gasteiger partial charge in [0.1, 0.15) is 5.75 Å². The molecule has 106 valence electrons. The number of ketones is 1. The number of nitrogens with one attached hydrogen (secondary N) is 1. The fourth-order valence-corrected chi connectivity index (χ4v) is 2.24. The van der Waals surface area contributed by atoms with Gasteiger partial charge in [-0.2, -0.15) is 0 Å². The van der Waals surface area contributed by atoms with E-state index in [1.807, 2.05) is 0 Å². The van der Waals surface area contributed by atoms with Crippen LogP contribution >= 0.6 is 0 Å². The molecular formula is C15H11NO5. The molecule has 3 aromatic rings. The lowest BCUT2D eigenvalue weighted by atomic mass is 10.0. The molecule has 6 heteroatoms. The Balaban J connectivity index is 2.17. The van der Waals surface area contributed by atoms with E-state index in [2.05, 4.69) is 4.98 Å². The van der Waals surface area contributed by atoms with Crippen molar-refractivity contribution in [3.63, 3.8) is 0 Å². The number of phenolic OH excluding ortho intramolecular Hbond substituents is 4. The molecule has 0 spiro atoms. The minimum Gasteiger partial charge on any atom is -0.507 e. The lowest BCUT2D eigenvalue weighted by Gasteiger charge is -2.05. The number of carbonyl (C=O) groups excluding carboxylic acids is 1. The van der Waals surface area contributed by atoms with E-state index >= 15 is 0 Å². The van der Waals surface area contributed by atoms with Crippen LogP contribution in [0.25, 0.3) is 10.9 Å². The van der Waals surface area contributed by atoms with Crippen molar-refractivity contribution in [2.24, 2.45) is 0 Å². The predicted molar refractivity (Wildman–Crippen MR) is 74.8 cm³/mol. The molecule has 6 nitrogen and oxygen atoms in total. The normalized spacial score (nSPS) is 10.9. The minimum absolute atomic E-state index is 0.00745. The summed E-state index contributed by atoms with van der Waals surface area (Å²) in [5.41, 5.74) is 0.783. The van der Waals surface area contributed by atoms with Crippen molar-refractivity contribution in [2.45, 2.75) is 0 Å². The number of H-pyrrole nitrogens is 1. The smallest absolute Gasteiger partial charge is 0.200 e. The van der Waals surface area contributed by atoms with Gasteiger partial charge in [-0.3, -0.25) is 4.79 Å². The Labute approximate surface area is 118 Å². The van der Waals surface area contributed by atoms with Crippen LogP contribution in [-0.4, -0.2) is 31.2 Å². The second-order valence-corrected chi connectivity index (χ2v) is 4.59. The first kappa shape index (κ1) is 12.9. The number of hydrogen-bond donors (Lipinski definition) is 5. The summed E-state index contributed by atoms with van der Waals surface area (Å²) in [7, 11) is 0. The van der Waals surface area contributed by atoms with Crippen LogP contribution in [0.5, 0.6) is 23.0 Å². The summed E-state index contributed by atoms with van der Waals surface area (Å²) in [5, 5.41) is 38.5. The van der Waals surface area contributed by atoms with E-state index in [-0.39, 0.29) is 16.9 Å². The monoisotopic (exact) mass is 285 g/mol. The van der Waals surface area contributed by atoms with Crippen LogP contribution in [0.4, 0.5) is 0 Å². The summed E-state index contributed by atoms with van der Waals surface area (Å²) >= 11 is 0. The van der Waals surface area contributed by atoms with Gasteiger partial charge < -0.3 is 25.4 Å². The molecule has 0 fully saturated rings. The molecule has 0 unspecified atom stereocenters. The number of fused-ring (bicyclic) bond motifs is 1. The van der Waals surface area contributed by atoms with Gasteiger partial charge in [-0.1, -0.05) is 6.07 Å². The van der Waals surface area contributed by atoms with E-state index in [1.165, 1.54) is 12.3 Å². The topological polar surface area (TPSA) is 114 Å². The van der Waals surface area contributed by atoms with Crippen molar-refractivity contribution in [1.82, 2.24) is 4.98 Å². The minimum atomic E-state index is -0.687. The number of benzene rings is 2. The van der Waals surface area contributed by atoms with E-state index in [1.54, 1.807) is 12.1 Å². The maximum Gasteiger partial charge on any atom is 0.200 e. The Bertz CT molecular complexity index is 843. The molecule has 1 heterocycles. The maximum atomic E-state index is 12.5. The summed E-state index contributed by atoms with van der Waals surface area (Å²) in [5.74, 6) is -2.43. The zero-order valence-corrected chi connectivity index (χ0v) is 10.7. The van der Waals surface area contributed by atoms with Gasteiger partial charge in [0.15, 0.2) is 23.0 Å². The van der Waals surface area contributed by atoms with Gasteiger partial charge >= 0.3 is 0 Å². The van der Waals surface area contributed by atoms with E-state index in [0.29, 0.717) is 10.9 Å². The lowest BCUT2D eigenvalue weighted by molar-refractivity contribution is 0.103. The molecule has 0 aliphatic heterocycles. The fraction of sp³-hybridized carbons (Fsp3) is 0. The van der Waals surface area contributed by atoms with Crippen molar-refractivity contribution in [1.29, 1.82) is 0 Å². The molecule has 1 aromatic heterocycles. The number of aromatic hydroxyl groups is 4. The molecule has 0 aliphatic carbocycles. The third-order valence-electron chi connectivity index (χ3n) is 3.26. The molecule has 0 amide bonds. The van der Waals surface area contributed by atoms with Crippen LogP contribution in [-0.2, 0) is 0 Å². The highest BCUT2D eigenvalue weighted by Gasteiger charge is 2.19. The van der Waals surface area contributed by atoms with Crippen LogP contribution in [0, 0.1) is 0 Å². The van der Waals surface area contributed by atoms with Crippen molar-refractivity contribution in [2.75, 3.05) is 0 Å². The Morgan fingerprint density at radius 2 is 1.62 bits per heavy atom. The number of aromatic nitrogens is 1. The van der Waals surface area contributed by atoms with Crippen LogP contribution in [0.3, 0.4) is 0 Å². The third kappa shape index (κ3) is 1.93. The maximum absolute atomic E-state index is 12.5. The highest BCUT2D eigenvalue weighted by atomic mass is 16.3. The zero-order valence-electron chi connectivity index (χ0n) is 10.7.